The summed E-state index contributed by atoms with van der Waals surface area (Å²) in [5.74, 6) is -1.23. The quantitative estimate of drug-likeness (QED) is 0.460. The molecule has 0 aliphatic carbocycles. The van der Waals surface area contributed by atoms with Crippen LogP contribution in [0.4, 0.5) is 0 Å². The van der Waals surface area contributed by atoms with E-state index in [9.17, 15) is 14.4 Å². The largest absolute Gasteiger partial charge is 0.463 e. The highest BCUT2D eigenvalue weighted by Gasteiger charge is 2.20. The zero-order valence-electron chi connectivity index (χ0n) is 16.4. The van der Waals surface area contributed by atoms with E-state index in [1.54, 1.807) is 36.4 Å². The predicted molar refractivity (Wildman–Crippen MR) is 105 cm³/mol. The van der Waals surface area contributed by atoms with Crippen LogP contribution in [-0.4, -0.2) is 24.8 Å². The Labute approximate surface area is 168 Å². The molecule has 3 rings (SSSR count). The zero-order chi connectivity index (χ0) is 21.0. The molecule has 1 aromatic heterocycles. The molecule has 0 radical (unpaired) electrons. The van der Waals surface area contributed by atoms with Crippen LogP contribution in [0.1, 0.15) is 53.7 Å². The van der Waals surface area contributed by atoms with E-state index in [1.807, 2.05) is 19.9 Å². The molecule has 0 N–H and O–H groups in total. The number of esters is 2. The number of carbonyl (C=O) groups is 3. The number of ether oxygens (including phenoxy) is 2. The molecule has 0 unspecified atom stereocenters. The van der Waals surface area contributed by atoms with Crippen LogP contribution < -0.4 is 0 Å². The molecule has 148 valence electrons. The Kier molecular flexibility index (Phi) is 5.93. The number of furan rings is 1. The van der Waals surface area contributed by atoms with Gasteiger partial charge in [-0.15, -0.1) is 0 Å². The topological polar surface area (TPSA) is 82.8 Å². The molecule has 6 nitrogen and oxygen atoms in total. The number of aryl methyl sites for hydroxylation is 2. The Balaban J connectivity index is 1.78. The summed E-state index contributed by atoms with van der Waals surface area (Å²) < 4.78 is 15.1. The van der Waals surface area contributed by atoms with Crippen LogP contribution in [0, 0.1) is 13.8 Å². The van der Waals surface area contributed by atoms with Crippen LogP contribution in [0.2, 0.25) is 0 Å². The first-order valence-corrected chi connectivity index (χ1v) is 8.96. The van der Waals surface area contributed by atoms with Gasteiger partial charge in [0, 0.05) is 11.1 Å². The van der Waals surface area contributed by atoms with Gasteiger partial charge in [0.1, 0.15) is 12.4 Å². The first-order chi connectivity index (χ1) is 13.9. The summed E-state index contributed by atoms with van der Waals surface area (Å²) in [4.78, 5) is 37.0. The molecule has 0 bridgehead atoms. The number of methoxy groups -OCH3 is 1. The van der Waals surface area contributed by atoms with Crippen LogP contribution in [0.15, 0.2) is 59.0 Å². The molecular weight excluding hydrogens is 372 g/mol. The highest BCUT2D eigenvalue weighted by atomic mass is 16.5. The summed E-state index contributed by atoms with van der Waals surface area (Å²) in [7, 11) is 1.24. The van der Waals surface area contributed by atoms with Crippen molar-refractivity contribution in [3.63, 3.8) is 0 Å². The van der Waals surface area contributed by atoms with Gasteiger partial charge in [-0.2, -0.15) is 0 Å². The van der Waals surface area contributed by atoms with Gasteiger partial charge < -0.3 is 13.9 Å². The maximum Gasteiger partial charge on any atom is 0.373 e. The van der Waals surface area contributed by atoms with E-state index >= 15 is 0 Å². The molecule has 0 amide bonds. The Bertz CT molecular complexity index is 1080. The van der Waals surface area contributed by atoms with Crippen molar-refractivity contribution < 1.29 is 28.3 Å². The second-order valence-corrected chi connectivity index (χ2v) is 6.51. The van der Waals surface area contributed by atoms with E-state index in [4.69, 9.17) is 9.15 Å². The summed E-state index contributed by atoms with van der Waals surface area (Å²) >= 11 is 0. The van der Waals surface area contributed by atoms with Crippen molar-refractivity contribution >= 4 is 17.7 Å². The van der Waals surface area contributed by atoms with E-state index in [0.29, 0.717) is 5.56 Å². The Morgan fingerprint density at radius 1 is 0.862 bits per heavy atom. The summed E-state index contributed by atoms with van der Waals surface area (Å²) in [6.45, 7) is 3.72. The summed E-state index contributed by atoms with van der Waals surface area (Å²) in [5.41, 5.74) is 3.00. The van der Waals surface area contributed by atoms with Crippen LogP contribution >= 0.6 is 0 Å². The molecule has 0 fully saturated rings. The Morgan fingerprint density at radius 2 is 1.59 bits per heavy atom. The Hall–Kier alpha value is -3.67. The van der Waals surface area contributed by atoms with Crippen LogP contribution in [0.3, 0.4) is 0 Å². The van der Waals surface area contributed by atoms with Crippen molar-refractivity contribution in [2.24, 2.45) is 0 Å². The molecule has 0 spiro atoms. The van der Waals surface area contributed by atoms with E-state index in [1.165, 1.54) is 19.2 Å². The third-order valence-corrected chi connectivity index (χ3v) is 4.55. The molecule has 0 saturated carbocycles. The predicted octanol–water partition coefficient (Wildman–Crippen LogP) is 4.27. The Morgan fingerprint density at radius 3 is 2.28 bits per heavy atom. The van der Waals surface area contributed by atoms with Gasteiger partial charge in [0.05, 0.1) is 12.7 Å². The monoisotopic (exact) mass is 392 g/mol. The van der Waals surface area contributed by atoms with E-state index in [2.05, 4.69) is 4.74 Å². The highest BCUT2D eigenvalue weighted by molar-refractivity contribution is 6.14. The summed E-state index contributed by atoms with van der Waals surface area (Å²) in [6, 6.07) is 14.9. The third-order valence-electron chi connectivity index (χ3n) is 4.55. The van der Waals surface area contributed by atoms with Crippen LogP contribution in [-0.2, 0) is 16.1 Å². The van der Waals surface area contributed by atoms with Crippen molar-refractivity contribution in [1.29, 1.82) is 0 Å². The summed E-state index contributed by atoms with van der Waals surface area (Å²) in [5, 5.41) is 0. The van der Waals surface area contributed by atoms with E-state index in [-0.39, 0.29) is 35.0 Å². The van der Waals surface area contributed by atoms with Gasteiger partial charge in [-0.25, -0.2) is 9.59 Å². The fraction of sp³-hybridized carbons (Fsp3) is 0.174. The molecule has 29 heavy (non-hydrogen) atoms. The second-order valence-electron chi connectivity index (χ2n) is 6.51. The van der Waals surface area contributed by atoms with Gasteiger partial charge in [-0.3, -0.25) is 4.79 Å². The first-order valence-electron chi connectivity index (χ1n) is 8.96. The third kappa shape index (κ3) is 4.43. The van der Waals surface area contributed by atoms with Crippen LogP contribution in [0.25, 0.3) is 0 Å². The minimum absolute atomic E-state index is 0.0175. The van der Waals surface area contributed by atoms with Crippen molar-refractivity contribution in [2.75, 3.05) is 7.11 Å². The van der Waals surface area contributed by atoms with Gasteiger partial charge in [0.15, 0.2) is 5.78 Å². The van der Waals surface area contributed by atoms with Crippen molar-refractivity contribution in [3.8, 4) is 0 Å². The molecule has 1 heterocycles. The number of rotatable bonds is 6. The first kappa shape index (κ1) is 20.1. The minimum Gasteiger partial charge on any atom is -0.463 e. The lowest BCUT2D eigenvalue weighted by Gasteiger charge is -2.09. The number of carbonyl (C=O) groups excluding carboxylic acids is 3. The number of ketones is 1. The fourth-order valence-electron chi connectivity index (χ4n) is 2.78. The lowest BCUT2D eigenvalue weighted by molar-refractivity contribution is 0.0436. The lowest BCUT2D eigenvalue weighted by Crippen LogP contribution is -2.13. The molecule has 2 aromatic carbocycles. The normalized spacial score (nSPS) is 10.4. The SMILES string of the molecule is COC(=O)c1ccc(COC(=O)c2ccccc2C(=O)c2ccc(C)c(C)c2)o1. The van der Waals surface area contributed by atoms with Gasteiger partial charge in [-0.1, -0.05) is 30.3 Å². The number of hydrogen-bond acceptors (Lipinski definition) is 6. The van der Waals surface area contributed by atoms with Gasteiger partial charge >= 0.3 is 11.9 Å². The zero-order valence-corrected chi connectivity index (χ0v) is 16.4. The van der Waals surface area contributed by atoms with E-state index < -0.39 is 11.9 Å². The lowest BCUT2D eigenvalue weighted by atomic mass is 9.96. The van der Waals surface area contributed by atoms with Gasteiger partial charge in [0.25, 0.3) is 0 Å². The molecule has 0 aliphatic heterocycles. The van der Waals surface area contributed by atoms with Crippen molar-refractivity contribution in [2.45, 2.75) is 20.5 Å². The molecule has 3 aromatic rings. The van der Waals surface area contributed by atoms with Crippen molar-refractivity contribution in [3.05, 3.63) is 93.9 Å². The molecular formula is C23H20O6. The maximum atomic E-state index is 12.9. The fourth-order valence-corrected chi connectivity index (χ4v) is 2.78. The van der Waals surface area contributed by atoms with E-state index in [0.717, 1.165) is 11.1 Å². The number of hydrogen-bond donors (Lipinski definition) is 0. The molecule has 6 heteroatoms. The number of benzene rings is 2. The van der Waals surface area contributed by atoms with Gasteiger partial charge in [0.2, 0.25) is 5.76 Å². The average Bonchev–Trinajstić information content (AvgIpc) is 3.22. The van der Waals surface area contributed by atoms with Crippen LogP contribution in [0.5, 0.6) is 0 Å². The summed E-state index contributed by atoms with van der Waals surface area (Å²) in [6.07, 6.45) is 0. The average molecular weight is 392 g/mol. The second kappa shape index (κ2) is 8.56. The minimum atomic E-state index is -0.659. The molecule has 0 atom stereocenters. The van der Waals surface area contributed by atoms with Crippen molar-refractivity contribution in [1.82, 2.24) is 0 Å². The van der Waals surface area contributed by atoms with Gasteiger partial charge in [-0.05, 0) is 49.2 Å². The highest BCUT2D eigenvalue weighted by Crippen LogP contribution is 2.19. The smallest absolute Gasteiger partial charge is 0.373 e. The molecule has 0 saturated heterocycles. The maximum absolute atomic E-state index is 12.9. The molecule has 0 aliphatic rings. The standard InChI is InChI=1S/C23H20O6/c1-14-8-9-16(12-15(14)2)21(24)18-6-4-5-7-19(18)22(25)28-13-17-10-11-20(29-17)23(26)27-3/h4-12H,13H2,1-3H3.